The SMILES string of the molecule is Cc1cc(-c2nnc(-c3cc(F)c(OC[C@@]4(C(C)(C)C)[C@@H](C)OC(C)(C)N4C(=O)O)cc3Cl)s2)cc(NC(C)C)n1. The summed E-state index contributed by atoms with van der Waals surface area (Å²) in [5.41, 5.74) is -0.781. The molecule has 12 heteroatoms. The summed E-state index contributed by atoms with van der Waals surface area (Å²) in [7, 11) is 0. The van der Waals surface area contributed by atoms with E-state index in [1.807, 2.05) is 60.6 Å². The van der Waals surface area contributed by atoms with E-state index in [9.17, 15) is 9.90 Å². The molecule has 0 unspecified atom stereocenters. The van der Waals surface area contributed by atoms with Gasteiger partial charge in [-0.3, -0.25) is 4.90 Å². The second kappa shape index (κ2) is 11.0. The predicted molar refractivity (Wildman–Crippen MR) is 159 cm³/mol. The van der Waals surface area contributed by atoms with Crippen molar-refractivity contribution in [2.75, 3.05) is 11.9 Å². The van der Waals surface area contributed by atoms with E-state index in [1.54, 1.807) is 13.8 Å². The summed E-state index contributed by atoms with van der Waals surface area (Å²) in [5, 5.41) is 23.4. The van der Waals surface area contributed by atoms with E-state index in [4.69, 9.17) is 21.1 Å². The molecular weight excluding hydrogens is 569 g/mol. The van der Waals surface area contributed by atoms with Crippen LogP contribution < -0.4 is 10.1 Å². The topological polar surface area (TPSA) is 110 Å². The molecule has 0 saturated carbocycles. The molecule has 1 aliphatic rings. The average Bonchev–Trinajstić information content (AvgIpc) is 3.38. The Hall–Kier alpha value is -3.02. The van der Waals surface area contributed by atoms with E-state index in [1.165, 1.54) is 28.4 Å². The van der Waals surface area contributed by atoms with Crippen molar-refractivity contribution in [3.8, 4) is 26.9 Å². The van der Waals surface area contributed by atoms with Gasteiger partial charge in [-0.25, -0.2) is 14.2 Å². The molecule has 2 atom stereocenters. The highest BCUT2D eigenvalue weighted by molar-refractivity contribution is 7.18. The summed E-state index contributed by atoms with van der Waals surface area (Å²) in [5.74, 6) is -0.0122. The Labute approximate surface area is 249 Å². The highest BCUT2D eigenvalue weighted by Crippen LogP contribution is 2.50. The number of ether oxygens (including phenoxy) is 2. The lowest BCUT2D eigenvalue weighted by atomic mass is 9.70. The number of aryl methyl sites for hydroxylation is 1. The van der Waals surface area contributed by atoms with Crippen molar-refractivity contribution < 1.29 is 23.8 Å². The quantitative estimate of drug-likeness (QED) is 0.285. The largest absolute Gasteiger partial charge is 0.488 e. The number of aromatic nitrogens is 3. The van der Waals surface area contributed by atoms with Gasteiger partial charge in [-0.15, -0.1) is 10.2 Å². The summed E-state index contributed by atoms with van der Waals surface area (Å²) in [6, 6.07) is 6.68. The Bertz CT molecular complexity index is 1460. The summed E-state index contributed by atoms with van der Waals surface area (Å²) >= 11 is 7.90. The van der Waals surface area contributed by atoms with Crippen molar-refractivity contribution in [1.82, 2.24) is 20.1 Å². The predicted octanol–water partition coefficient (Wildman–Crippen LogP) is 7.49. The zero-order valence-electron chi connectivity index (χ0n) is 24.8. The molecule has 3 heterocycles. The molecule has 1 aliphatic heterocycles. The van der Waals surface area contributed by atoms with Crippen molar-refractivity contribution in [3.63, 3.8) is 0 Å². The highest BCUT2D eigenvalue weighted by atomic mass is 35.5. The van der Waals surface area contributed by atoms with Gasteiger partial charge in [0.05, 0.1) is 11.1 Å². The lowest BCUT2D eigenvalue weighted by Crippen LogP contribution is -2.66. The molecule has 0 radical (unpaired) electrons. The number of pyridine rings is 1. The third-order valence-corrected chi connectivity index (χ3v) is 8.65. The molecule has 222 valence electrons. The lowest BCUT2D eigenvalue weighted by molar-refractivity contribution is -0.0683. The second-order valence-electron chi connectivity index (χ2n) is 12.1. The van der Waals surface area contributed by atoms with Gasteiger partial charge in [0.25, 0.3) is 0 Å². The number of hydrogen-bond acceptors (Lipinski definition) is 8. The molecule has 1 saturated heterocycles. The number of benzene rings is 1. The number of halogens is 2. The number of rotatable bonds is 7. The number of hydrogen-bond donors (Lipinski definition) is 2. The van der Waals surface area contributed by atoms with Crippen LogP contribution >= 0.6 is 22.9 Å². The van der Waals surface area contributed by atoms with Crippen LogP contribution in [0.1, 0.15) is 61.1 Å². The molecule has 2 N–H and O–H groups in total. The molecule has 41 heavy (non-hydrogen) atoms. The number of amides is 1. The van der Waals surface area contributed by atoms with E-state index >= 15 is 4.39 Å². The van der Waals surface area contributed by atoms with E-state index in [0.29, 0.717) is 15.6 Å². The van der Waals surface area contributed by atoms with Gasteiger partial charge in [0.15, 0.2) is 11.6 Å². The summed E-state index contributed by atoms with van der Waals surface area (Å²) in [4.78, 5) is 18.2. The maximum atomic E-state index is 15.5. The second-order valence-corrected chi connectivity index (χ2v) is 13.5. The van der Waals surface area contributed by atoms with Gasteiger partial charge in [0.1, 0.15) is 33.7 Å². The van der Waals surface area contributed by atoms with Crippen molar-refractivity contribution in [1.29, 1.82) is 0 Å². The highest BCUT2D eigenvalue weighted by Gasteiger charge is 2.64. The Morgan fingerprint density at radius 2 is 1.90 bits per heavy atom. The van der Waals surface area contributed by atoms with E-state index in [0.717, 1.165) is 17.1 Å². The van der Waals surface area contributed by atoms with Gasteiger partial charge in [0, 0.05) is 28.9 Å². The Balaban J connectivity index is 1.63. The van der Waals surface area contributed by atoms with Gasteiger partial charge in [0.2, 0.25) is 0 Å². The molecule has 0 spiro atoms. The number of carboxylic acid groups (broad SMARTS) is 1. The number of nitrogens with one attached hydrogen (secondary N) is 1. The van der Waals surface area contributed by atoms with E-state index < -0.39 is 34.7 Å². The van der Waals surface area contributed by atoms with E-state index in [-0.39, 0.29) is 23.4 Å². The minimum absolute atomic E-state index is 0.0940. The van der Waals surface area contributed by atoms with Gasteiger partial charge in [-0.2, -0.15) is 0 Å². The Morgan fingerprint density at radius 3 is 2.51 bits per heavy atom. The maximum absolute atomic E-state index is 15.5. The van der Waals surface area contributed by atoms with Crippen LogP contribution in [0.5, 0.6) is 5.75 Å². The van der Waals surface area contributed by atoms with E-state index in [2.05, 4.69) is 20.5 Å². The Morgan fingerprint density at radius 1 is 1.24 bits per heavy atom. The van der Waals surface area contributed by atoms with Crippen LogP contribution in [-0.2, 0) is 4.74 Å². The fourth-order valence-electron chi connectivity index (χ4n) is 5.59. The van der Waals surface area contributed by atoms with Crippen molar-refractivity contribution in [2.45, 2.75) is 85.7 Å². The first kappa shape index (κ1) is 30.9. The molecular formula is C29H37ClFN5O4S. The summed E-state index contributed by atoms with van der Waals surface area (Å²) in [6.45, 7) is 16.8. The van der Waals surface area contributed by atoms with Gasteiger partial charge >= 0.3 is 6.09 Å². The van der Waals surface area contributed by atoms with Crippen LogP contribution in [0.15, 0.2) is 24.3 Å². The standard InChI is InChI=1S/C29H37ClFN5O4S/c1-15(2)32-23-11-18(10-16(3)33-23)24-34-35-25(41-24)19-12-21(31)22(13-20(19)30)39-14-29(27(5,6)7)17(4)40-28(8,9)36(29)26(37)38/h10-13,15,17H,14H2,1-9H3,(H,32,33)(H,37,38)/t17-,29+/m1/s1. The average molecular weight is 606 g/mol. The molecule has 1 amide bonds. The van der Waals surface area contributed by atoms with Crippen LogP contribution in [0, 0.1) is 18.2 Å². The minimum Gasteiger partial charge on any atom is -0.488 e. The van der Waals surface area contributed by atoms with Gasteiger partial charge in [-0.05, 0) is 65.2 Å². The first-order valence-electron chi connectivity index (χ1n) is 13.4. The summed E-state index contributed by atoms with van der Waals surface area (Å²) in [6.07, 6.45) is -1.67. The molecule has 2 aromatic heterocycles. The third kappa shape index (κ3) is 5.85. The molecule has 4 rings (SSSR count). The molecule has 1 aromatic carbocycles. The van der Waals surface area contributed by atoms with Crippen molar-refractivity contribution in [3.05, 3.63) is 40.8 Å². The molecule has 0 bridgehead atoms. The van der Waals surface area contributed by atoms with Crippen LogP contribution in [-0.4, -0.2) is 61.3 Å². The fourth-order valence-corrected chi connectivity index (χ4v) is 6.75. The molecule has 9 nitrogen and oxygen atoms in total. The Kier molecular flexibility index (Phi) is 8.30. The maximum Gasteiger partial charge on any atom is 0.410 e. The fraction of sp³-hybridized carbons (Fsp3) is 0.517. The van der Waals surface area contributed by atoms with Gasteiger partial charge in [-0.1, -0.05) is 43.7 Å². The first-order chi connectivity index (χ1) is 19.0. The van der Waals surface area contributed by atoms with Crippen LogP contribution in [0.4, 0.5) is 15.0 Å². The van der Waals surface area contributed by atoms with Crippen LogP contribution in [0.3, 0.4) is 0 Å². The summed E-state index contributed by atoms with van der Waals surface area (Å²) < 4.78 is 27.6. The third-order valence-electron chi connectivity index (χ3n) is 7.33. The number of anilines is 1. The molecule has 1 fully saturated rings. The number of carbonyl (C=O) groups is 1. The monoisotopic (exact) mass is 605 g/mol. The van der Waals surface area contributed by atoms with Crippen molar-refractivity contribution >= 4 is 34.8 Å². The van der Waals surface area contributed by atoms with Crippen LogP contribution in [0.2, 0.25) is 5.02 Å². The number of nitrogens with zero attached hydrogens (tertiary/aromatic N) is 4. The zero-order valence-corrected chi connectivity index (χ0v) is 26.4. The first-order valence-corrected chi connectivity index (χ1v) is 14.6. The minimum atomic E-state index is -1.14. The normalized spacial score (nSPS) is 20.5. The smallest absolute Gasteiger partial charge is 0.410 e. The zero-order chi connectivity index (χ0) is 30.5. The molecule has 0 aliphatic carbocycles. The van der Waals surface area contributed by atoms with Gasteiger partial charge < -0.3 is 19.9 Å². The molecule has 3 aromatic rings. The lowest BCUT2D eigenvalue weighted by Gasteiger charge is -2.49. The van der Waals surface area contributed by atoms with Crippen molar-refractivity contribution in [2.24, 2.45) is 5.41 Å². The van der Waals surface area contributed by atoms with Crippen LogP contribution in [0.25, 0.3) is 21.1 Å².